The number of hydrogen-bond donors (Lipinski definition) is 2. The molecular weight excluding hydrogens is 272 g/mol. The Labute approximate surface area is 120 Å². The fourth-order valence-electron chi connectivity index (χ4n) is 1.62. The summed E-state index contributed by atoms with van der Waals surface area (Å²) in [7, 11) is 1.27. The Balaban J connectivity index is 2.32. The van der Waals surface area contributed by atoms with Gasteiger partial charge in [-0.3, -0.25) is 5.01 Å². The molecule has 0 radical (unpaired) electrons. The van der Waals surface area contributed by atoms with E-state index in [0.717, 1.165) is 0 Å². The number of nitrogen functional groups attached to an aromatic ring is 1. The number of carbonyl (C=O) groups excluding carboxylic acids is 1. The van der Waals surface area contributed by atoms with Gasteiger partial charge in [-0.1, -0.05) is 0 Å². The molecule has 0 amide bonds. The van der Waals surface area contributed by atoms with Crippen LogP contribution in [0, 0.1) is 11.3 Å². The average Bonchev–Trinajstić information content (AvgIpc) is 2.53. The highest BCUT2D eigenvalue weighted by atomic mass is 16.5. The molecule has 0 aromatic carbocycles. The predicted molar refractivity (Wildman–Crippen MR) is 75.3 cm³/mol. The van der Waals surface area contributed by atoms with Crippen molar-refractivity contribution in [1.82, 2.24) is 9.97 Å². The van der Waals surface area contributed by atoms with Gasteiger partial charge in [-0.25, -0.2) is 20.6 Å². The second kappa shape index (κ2) is 5.85. The van der Waals surface area contributed by atoms with Gasteiger partial charge in [0.15, 0.2) is 5.82 Å². The van der Waals surface area contributed by atoms with Crippen LogP contribution in [0.1, 0.15) is 16.1 Å². The van der Waals surface area contributed by atoms with Gasteiger partial charge in [-0.2, -0.15) is 5.26 Å². The number of hydrogen-bond acceptors (Lipinski definition) is 8. The number of ether oxygens (including phenoxy) is 1. The lowest BCUT2D eigenvalue weighted by molar-refractivity contribution is 0.0600. The molecule has 2 heterocycles. The smallest absolute Gasteiger partial charge is 0.339 e. The number of esters is 1. The van der Waals surface area contributed by atoms with E-state index >= 15 is 0 Å². The third-order valence-electron chi connectivity index (χ3n) is 2.68. The Kier molecular flexibility index (Phi) is 3.97. The summed E-state index contributed by atoms with van der Waals surface area (Å²) in [5, 5.41) is 9.91. The van der Waals surface area contributed by atoms with Crippen molar-refractivity contribution in [3.63, 3.8) is 0 Å². The maximum absolute atomic E-state index is 11.4. The lowest BCUT2D eigenvalue weighted by Crippen LogP contribution is -2.27. The molecular formula is C13H12N6O2. The van der Waals surface area contributed by atoms with Gasteiger partial charge in [-0.05, 0) is 18.2 Å². The molecule has 0 unspecified atom stereocenters. The second-order valence-corrected chi connectivity index (χ2v) is 4.01. The van der Waals surface area contributed by atoms with E-state index in [1.54, 1.807) is 6.07 Å². The zero-order chi connectivity index (χ0) is 15.4. The zero-order valence-electron chi connectivity index (χ0n) is 11.1. The molecule has 2 aromatic heterocycles. The standard InChI is InChI=1S/C13H12N6O2/c1-21-13(20)8-4-11(15)12(18-6-8)19(16)10-3-2-9(5-14)17-7-10/h2-4,6-7H,15-16H2,1H3. The summed E-state index contributed by atoms with van der Waals surface area (Å²) < 4.78 is 4.58. The topological polar surface area (TPSA) is 131 Å². The predicted octanol–water partition coefficient (Wildman–Crippen LogP) is 0.729. The molecule has 0 atom stereocenters. The highest BCUT2D eigenvalue weighted by Crippen LogP contribution is 2.25. The molecule has 0 saturated carbocycles. The number of hydrazine groups is 1. The molecule has 106 valence electrons. The van der Waals surface area contributed by atoms with Crippen LogP contribution in [-0.2, 0) is 4.74 Å². The highest BCUT2D eigenvalue weighted by Gasteiger charge is 2.14. The molecule has 0 aliphatic carbocycles. The summed E-state index contributed by atoms with van der Waals surface area (Å²) in [4.78, 5) is 19.3. The zero-order valence-corrected chi connectivity index (χ0v) is 11.1. The van der Waals surface area contributed by atoms with Crippen LogP contribution in [-0.4, -0.2) is 23.0 Å². The molecule has 0 aliphatic rings. The molecule has 0 aliphatic heterocycles. The third kappa shape index (κ3) is 2.88. The van der Waals surface area contributed by atoms with Crippen LogP contribution in [0.15, 0.2) is 30.6 Å². The molecule has 2 rings (SSSR count). The van der Waals surface area contributed by atoms with Crippen LogP contribution in [0.4, 0.5) is 17.2 Å². The van der Waals surface area contributed by atoms with E-state index in [2.05, 4.69) is 14.7 Å². The SMILES string of the molecule is COC(=O)c1cnc(N(N)c2ccc(C#N)nc2)c(N)c1. The minimum Gasteiger partial charge on any atom is -0.465 e. The van der Waals surface area contributed by atoms with Crippen molar-refractivity contribution >= 4 is 23.2 Å². The maximum Gasteiger partial charge on any atom is 0.339 e. The van der Waals surface area contributed by atoms with Gasteiger partial charge in [0.2, 0.25) is 0 Å². The third-order valence-corrected chi connectivity index (χ3v) is 2.68. The van der Waals surface area contributed by atoms with Crippen molar-refractivity contribution < 1.29 is 9.53 Å². The number of pyridine rings is 2. The summed E-state index contributed by atoms with van der Waals surface area (Å²) in [5.41, 5.74) is 7.05. The summed E-state index contributed by atoms with van der Waals surface area (Å²) in [6.45, 7) is 0. The second-order valence-electron chi connectivity index (χ2n) is 4.01. The number of aromatic nitrogens is 2. The fraction of sp³-hybridized carbons (Fsp3) is 0.0769. The number of methoxy groups -OCH3 is 1. The summed E-state index contributed by atoms with van der Waals surface area (Å²) in [6, 6.07) is 6.46. The van der Waals surface area contributed by atoms with Crippen molar-refractivity contribution in [2.45, 2.75) is 0 Å². The first kappa shape index (κ1) is 14.2. The van der Waals surface area contributed by atoms with Crippen molar-refractivity contribution in [3.05, 3.63) is 41.9 Å². The van der Waals surface area contributed by atoms with Gasteiger partial charge in [0.25, 0.3) is 0 Å². The molecule has 0 saturated heterocycles. The van der Waals surface area contributed by atoms with Crippen molar-refractivity contribution in [2.75, 3.05) is 17.9 Å². The van der Waals surface area contributed by atoms with Crippen LogP contribution in [0.3, 0.4) is 0 Å². The van der Waals surface area contributed by atoms with E-state index in [1.807, 2.05) is 6.07 Å². The first-order chi connectivity index (χ1) is 10.1. The Morgan fingerprint density at radius 3 is 2.67 bits per heavy atom. The molecule has 21 heavy (non-hydrogen) atoms. The minimum atomic E-state index is -0.538. The fourth-order valence-corrected chi connectivity index (χ4v) is 1.62. The van der Waals surface area contributed by atoms with Crippen LogP contribution >= 0.6 is 0 Å². The molecule has 2 aromatic rings. The van der Waals surface area contributed by atoms with E-state index in [1.165, 1.54) is 36.6 Å². The van der Waals surface area contributed by atoms with Gasteiger partial charge in [0.05, 0.1) is 30.2 Å². The molecule has 0 spiro atoms. The average molecular weight is 284 g/mol. The van der Waals surface area contributed by atoms with Crippen LogP contribution in [0.2, 0.25) is 0 Å². The van der Waals surface area contributed by atoms with Crippen molar-refractivity contribution in [3.8, 4) is 6.07 Å². The van der Waals surface area contributed by atoms with E-state index in [0.29, 0.717) is 5.69 Å². The molecule has 4 N–H and O–H groups in total. The molecule has 8 heteroatoms. The van der Waals surface area contributed by atoms with E-state index < -0.39 is 5.97 Å². The number of carbonyl (C=O) groups is 1. The lowest BCUT2D eigenvalue weighted by Gasteiger charge is -2.19. The number of nitrogens with zero attached hydrogens (tertiary/aromatic N) is 4. The van der Waals surface area contributed by atoms with Crippen molar-refractivity contribution in [2.24, 2.45) is 5.84 Å². The Bertz CT molecular complexity index is 708. The Hall–Kier alpha value is -3.18. The monoisotopic (exact) mass is 284 g/mol. The van der Waals surface area contributed by atoms with Gasteiger partial charge in [0.1, 0.15) is 11.8 Å². The molecule has 8 nitrogen and oxygen atoms in total. The quantitative estimate of drug-likeness (QED) is 0.479. The molecule has 0 fully saturated rings. The van der Waals surface area contributed by atoms with E-state index in [-0.39, 0.29) is 22.8 Å². The number of anilines is 3. The lowest BCUT2D eigenvalue weighted by atomic mass is 10.2. The van der Waals surface area contributed by atoms with Gasteiger partial charge in [0, 0.05) is 6.20 Å². The van der Waals surface area contributed by atoms with Gasteiger partial charge >= 0.3 is 5.97 Å². The first-order valence-electron chi connectivity index (χ1n) is 5.81. The summed E-state index contributed by atoms with van der Waals surface area (Å²) >= 11 is 0. The first-order valence-corrected chi connectivity index (χ1v) is 5.81. The normalized spacial score (nSPS) is 9.76. The summed E-state index contributed by atoms with van der Waals surface area (Å²) in [5.74, 6) is 5.64. The number of nitriles is 1. The highest BCUT2D eigenvalue weighted by molar-refractivity contribution is 5.91. The Morgan fingerprint density at radius 1 is 1.38 bits per heavy atom. The molecule has 0 bridgehead atoms. The van der Waals surface area contributed by atoms with Crippen LogP contribution < -0.4 is 16.6 Å². The minimum absolute atomic E-state index is 0.213. The van der Waals surface area contributed by atoms with Gasteiger partial charge in [-0.15, -0.1) is 0 Å². The number of nitrogens with two attached hydrogens (primary N) is 2. The number of rotatable bonds is 3. The van der Waals surface area contributed by atoms with Crippen LogP contribution in [0.25, 0.3) is 0 Å². The van der Waals surface area contributed by atoms with Gasteiger partial charge < -0.3 is 10.5 Å². The largest absolute Gasteiger partial charge is 0.465 e. The van der Waals surface area contributed by atoms with E-state index in [9.17, 15) is 4.79 Å². The van der Waals surface area contributed by atoms with E-state index in [4.69, 9.17) is 16.8 Å². The van der Waals surface area contributed by atoms with Crippen LogP contribution in [0.5, 0.6) is 0 Å². The Morgan fingerprint density at radius 2 is 2.14 bits per heavy atom. The van der Waals surface area contributed by atoms with Crippen molar-refractivity contribution in [1.29, 1.82) is 5.26 Å². The summed E-state index contributed by atoms with van der Waals surface area (Å²) in [6.07, 6.45) is 2.74. The maximum atomic E-state index is 11.4.